The van der Waals surface area contributed by atoms with Crippen molar-refractivity contribution in [3.8, 4) is 11.4 Å². The second-order valence-electron chi connectivity index (χ2n) is 5.72. The predicted molar refractivity (Wildman–Crippen MR) is 105 cm³/mol. The van der Waals surface area contributed by atoms with E-state index in [4.69, 9.17) is 16.3 Å². The molecule has 0 aliphatic carbocycles. The summed E-state index contributed by atoms with van der Waals surface area (Å²) in [6.07, 6.45) is 0. The maximum absolute atomic E-state index is 12.6. The Morgan fingerprint density at radius 2 is 2.00 bits per heavy atom. The monoisotopic (exact) mass is 399 g/mol. The molecule has 2 aromatic heterocycles. The SMILES string of the molecule is COc1ccc(-n2nnc(C(=O)Nc3nc4ccc(Cl)cc4s3)c2C)cc1. The Bertz CT molecular complexity index is 1140. The van der Waals surface area contributed by atoms with Crippen LogP contribution in [0.1, 0.15) is 16.2 Å². The number of benzene rings is 2. The van der Waals surface area contributed by atoms with E-state index in [1.54, 1.807) is 24.8 Å². The van der Waals surface area contributed by atoms with E-state index in [0.717, 1.165) is 21.7 Å². The third kappa shape index (κ3) is 3.36. The standard InChI is InChI=1S/C18H14ClN5O2S/c1-10-16(22-23-24(10)12-4-6-13(26-2)7-5-12)17(25)21-18-20-14-8-3-11(19)9-15(14)27-18/h3-9H,1-2H3,(H,20,21,25). The number of amides is 1. The van der Waals surface area contributed by atoms with Crippen LogP contribution < -0.4 is 10.1 Å². The van der Waals surface area contributed by atoms with Crippen LogP contribution in [0.15, 0.2) is 42.5 Å². The van der Waals surface area contributed by atoms with Crippen molar-refractivity contribution < 1.29 is 9.53 Å². The fourth-order valence-electron chi connectivity index (χ4n) is 2.62. The van der Waals surface area contributed by atoms with Crippen LogP contribution in [0.5, 0.6) is 5.75 Å². The molecule has 0 bridgehead atoms. The summed E-state index contributed by atoms with van der Waals surface area (Å²) in [5, 5.41) is 12.0. The molecule has 4 aromatic rings. The molecule has 27 heavy (non-hydrogen) atoms. The molecule has 7 nitrogen and oxygen atoms in total. The molecule has 0 saturated heterocycles. The number of hydrogen-bond acceptors (Lipinski definition) is 6. The second kappa shape index (κ2) is 6.98. The third-order valence-electron chi connectivity index (χ3n) is 4.00. The molecule has 2 aromatic carbocycles. The lowest BCUT2D eigenvalue weighted by Gasteiger charge is -2.05. The highest BCUT2D eigenvalue weighted by Crippen LogP contribution is 2.28. The number of anilines is 1. The number of fused-ring (bicyclic) bond motifs is 1. The lowest BCUT2D eigenvalue weighted by molar-refractivity contribution is 0.102. The van der Waals surface area contributed by atoms with Gasteiger partial charge in [0, 0.05) is 5.02 Å². The van der Waals surface area contributed by atoms with E-state index >= 15 is 0 Å². The van der Waals surface area contributed by atoms with E-state index in [2.05, 4.69) is 20.6 Å². The topological polar surface area (TPSA) is 81.9 Å². The van der Waals surface area contributed by atoms with Gasteiger partial charge in [0.1, 0.15) is 5.75 Å². The minimum absolute atomic E-state index is 0.239. The number of thiazole rings is 1. The fourth-order valence-corrected chi connectivity index (χ4v) is 3.75. The molecule has 9 heteroatoms. The molecule has 0 saturated carbocycles. The zero-order valence-electron chi connectivity index (χ0n) is 14.4. The first kappa shape index (κ1) is 17.4. The van der Waals surface area contributed by atoms with Gasteiger partial charge in [-0.15, -0.1) is 5.10 Å². The molecule has 0 aliphatic rings. The summed E-state index contributed by atoms with van der Waals surface area (Å²) in [5.74, 6) is 0.378. The highest BCUT2D eigenvalue weighted by atomic mass is 35.5. The number of carbonyl (C=O) groups is 1. The van der Waals surface area contributed by atoms with Crippen LogP contribution in [0.4, 0.5) is 5.13 Å². The third-order valence-corrected chi connectivity index (χ3v) is 5.17. The van der Waals surface area contributed by atoms with Crippen LogP contribution in [-0.4, -0.2) is 33.0 Å². The van der Waals surface area contributed by atoms with Gasteiger partial charge in [-0.1, -0.05) is 28.2 Å². The molecule has 1 amide bonds. The first-order valence-corrected chi connectivity index (χ1v) is 9.19. The van der Waals surface area contributed by atoms with Crippen molar-refractivity contribution in [3.05, 3.63) is 58.9 Å². The van der Waals surface area contributed by atoms with Crippen molar-refractivity contribution >= 4 is 44.2 Å². The molecule has 2 heterocycles. The van der Waals surface area contributed by atoms with Gasteiger partial charge in [-0.25, -0.2) is 9.67 Å². The van der Waals surface area contributed by atoms with E-state index in [-0.39, 0.29) is 11.6 Å². The molecular weight excluding hydrogens is 386 g/mol. The molecule has 1 N–H and O–H groups in total. The number of rotatable bonds is 4. The number of nitrogens with one attached hydrogen (secondary N) is 1. The van der Waals surface area contributed by atoms with E-state index < -0.39 is 0 Å². The zero-order chi connectivity index (χ0) is 19.0. The molecular formula is C18H14ClN5O2S. The highest BCUT2D eigenvalue weighted by molar-refractivity contribution is 7.22. The zero-order valence-corrected chi connectivity index (χ0v) is 16.0. The van der Waals surface area contributed by atoms with Crippen molar-refractivity contribution in [2.24, 2.45) is 0 Å². The number of aromatic nitrogens is 4. The number of hydrogen-bond donors (Lipinski definition) is 1. The second-order valence-corrected chi connectivity index (χ2v) is 7.19. The molecule has 0 fully saturated rings. The lowest BCUT2D eigenvalue weighted by Crippen LogP contribution is -2.14. The van der Waals surface area contributed by atoms with Crippen LogP contribution in [-0.2, 0) is 0 Å². The van der Waals surface area contributed by atoms with Crippen LogP contribution in [0.2, 0.25) is 5.02 Å². The minimum atomic E-state index is -0.364. The number of nitrogens with zero attached hydrogens (tertiary/aromatic N) is 4. The van der Waals surface area contributed by atoms with Crippen molar-refractivity contribution in [1.29, 1.82) is 0 Å². The Labute approximate surface area is 163 Å². The molecule has 0 spiro atoms. The average Bonchev–Trinajstić information content (AvgIpc) is 3.24. The van der Waals surface area contributed by atoms with Crippen molar-refractivity contribution in [1.82, 2.24) is 20.0 Å². The molecule has 4 rings (SSSR count). The van der Waals surface area contributed by atoms with Gasteiger partial charge in [-0.3, -0.25) is 10.1 Å². The Morgan fingerprint density at radius 3 is 2.74 bits per heavy atom. The van der Waals surface area contributed by atoms with Gasteiger partial charge in [-0.05, 0) is 49.4 Å². The summed E-state index contributed by atoms with van der Waals surface area (Å²) in [4.78, 5) is 17.0. The first-order chi connectivity index (χ1) is 13.0. The maximum atomic E-state index is 12.6. The summed E-state index contributed by atoms with van der Waals surface area (Å²) >= 11 is 7.34. The summed E-state index contributed by atoms with van der Waals surface area (Å²) in [6.45, 7) is 1.79. The van der Waals surface area contributed by atoms with Crippen molar-refractivity contribution in [2.75, 3.05) is 12.4 Å². The normalized spacial score (nSPS) is 10.9. The molecule has 136 valence electrons. The first-order valence-electron chi connectivity index (χ1n) is 7.99. The molecule has 0 radical (unpaired) electrons. The van der Waals surface area contributed by atoms with Gasteiger partial charge in [0.2, 0.25) is 0 Å². The maximum Gasteiger partial charge on any atom is 0.279 e. The Balaban J connectivity index is 1.59. The predicted octanol–water partition coefficient (Wildman–Crippen LogP) is 4.10. The van der Waals surface area contributed by atoms with Crippen LogP contribution in [0.3, 0.4) is 0 Å². The van der Waals surface area contributed by atoms with Crippen LogP contribution >= 0.6 is 22.9 Å². The summed E-state index contributed by atoms with van der Waals surface area (Å²) in [7, 11) is 1.61. The highest BCUT2D eigenvalue weighted by Gasteiger charge is 2.19. The van der Waals surface area contributed by atoms with Crippen molar-refractivity contribution in [2.45, 2.75) is 6.92 Å². The summed E-state index contributed by atoms with van der Waals surface area (Å²) < 4.78 is 7.66. The quantitative estimate of drug-likeness (QED) is 0.558. The Kier molecular flexibility index (Phi) is 4.51. The largest absolute Gasteiger partial charge is 0.497 e. The van der Waals surface area contributed by atoms with Gasteiger partial charge >= 0.3 is 0 Å². The number of ether oxygens (including phenoxy) is 1. The Hall–Kier alpha value is -2.97. The Morgan fingerprint density at radius 1 is 1.22 bits per heavy atom. The van der Waals surface area contributed by atoms with Gasteiger partial charge < -0.3 is 4.74 Å². The molecule has 0 aliphatic heterocycles. The van der Waals surface area contributed by atoms with Gasteiger partial charge in [-0.2, -0.15) is 0 Å². The van der Waals surface area contributed by atoms with E-state index in [1.165, 1.54) is 11.3 Å². The lowest BCUT2D eigenvalue weighted by atomic mass is 10.2. The van der Waals surface area contributed by atoms with Crippen LogP contribution in [0.25, 0.3) is 15.9 Å². The number of halogens is 1. The van der Waals surface area contributed by atoms with Gasteiger partial charge in [0.15, 0.2) is 10.8 Å². The average molecular weight is 400 g/mol. The summed E-state index contributed by atoms with van der Waals surface area (Å²) in [6, 6.07) is 12.7. The van der Waals surface area contributed by atoms with Gasteiger partial charge in [0.05, 0.1) is 28.7 Å². The van der Waals surface area contributed by atoms with E-state index in [0.29, 0.717) is 15.8 Å². The minimum Gasteiger partial charge on any atom is -0.497 e. The number of carbonyl (C=O) groups excluding carboxylic acids is 1. The van der Waals surface area contributed by atoms with Crippen molar-refractivity contribution in [3.63, 3.8) is 0 Å². The fraction of sp³-hybridized carbons (Fsp3) is 0.111. The molecule has 0 atom stereocenters. The smallest absolute Gasteiger partial charge is 0.279 e. The van der Waals surface area contributed by atoms with Gasteiger partial charge in [0.25, 0.3) is 5.91 Å². The van der Waals surface area contributed by atoms with E-state index in [9.17, 15) is 4.79 Å². The number of methoxy groups -OCH3 is 1. The molecule has 0 unspecified atom stereocenters. The van der Waals surface area contributed by atoms with Crippen LogP contribution in [0, 0.1) is 6.92 Å². The summed E-state index contributed by atoms with van der Waals surface area (Å²) in [5.41, 5.74) is 2.43. The van der Waals surface area contributed by atoms with E-state index in [1.807, 2.05) is 36.4 Å².